The first-order valence-electron chi connectivity index (χ1n) is 7.57. The van der Waals surface area contributed by atoms with E-state index in [9.17, 15) is 4.79 Å². The molecule has 1 aromatic carbocycles. The van der Waals surface area contributed by atoms with Crippen molar-refractivity contribution in [1.82, 2.24) is 9.97 Å². The van der Waals surface area contributed by atoms with Crippen molar-refractivity contribution in [2.75, 3.05) is 0 Å². The Bertz CT molecular complexity index is 620. The second-order valence-corrected chi connectivity index (χ2v) is 5.60. The molecule has 1 aliphatic rings. The Morgan fingerprint density at radius 2 is 2.38 bits per heavy atom. The highest BCUT2D eigenvalue weighted by Gasteiger charge is 2.24. The molecule has 1 N–H and O–H groups in total. The lowest BCUT2D eigenvalue weighted by molar-refractivity contribution is -0.134. The van der Waals surface area contributed by atoms with Gasteiger partial charge in [0.2, 0.25) is 0 Å². The van der Waals surface area contributed by atoms with E-state index < -0.39 is 0 Å². The number of fused-ring (bicyclic) bond motifs is 1. The minimum absolute atomic E-state index is 0.152. The number of ether oxygens (including phenoxy) is 1. The van der Waals surface area contributed by atoms with E-state index in [0.717, 1.165) is 31.4 Å². The molecule has 21 heavy (non-hydrogen) atoms. The Morgan fingerprint density at radius 3 is 3.14 bits per heavy atom. The molecule has 0 bridgehead atoms. The average Bonchev–Trinajstić information content (AvgIpc) is 3.10. The van der Waals surface area contributed by atoms with Crippen LogP contribution < -0.4 is 4.74 Å². The van der Waals surface area contributed by atoms with Crippen molar-refractivity contribution < 1.29 is 9.53 Å². The van der Waals surface area contributed by atoms with Crippen molar-refractivity contribution in [2.24, 2.45) is 0 Å². The molecule has 110 valence electrons. The molecule has 0 radical (unpaired) electrons. The van der Waals surface area contributed by atoms with E-state index in [-0.39, 0.29) is 5.97 Å². The van der Waals surface area contributed by atoms with Gasteiger partial charge in [0.05, 0.1) is 6.33 Å². The van der Waals surface area contributed by atoms with Gasteiger partial charge < -0.3 is 9.72 Å². The summed E-state index contributed by atoms with van der Waals surface area (Å²) in [6.07, 6.45) is 8.07. The smallest absolute Gasteiger partial charge is 0.311 e. The predicted molar refractivity (Wildman–Crippen MR) is 80.3 cm³/mol. The van der Waals surface area contributed by atoms with E-state index in [2.05, 4.69) is 16.0 Å². The highest BCUT2D eigenvalue weighted by Crippen LogP contribution is 2.37. The molecule has 0 saturated heterocycles. The molecule has 0 saturated carbocycles. The van der Waals surface area contributed by atoms with Crippen LogP contribution in [-0.4, -0.2) is 15.9 Å². The molecule has 4 heteroatoms. The number of H-pyrrole nitrogens is 1. The lowest BCUT2D eigenvalue weighted by Gasteiger charge is -2.12. The highest BCUT2D eigenvalue weighted by molar-refractivity contribution is 5.72. The third kappa shape index (κ3) is 3.15. The summed E-state index contributed by atoms with van der Waals surface area (Å²) >= 11 is 0. The predicted octanol–water partition coefficient (Wildman–Crippen LogP) is 3.39. The van der Waals surface area contributed by atoms with Crippen LogP contribution in [0.4, 0.5) is 0 Å². The zero-order chi connectivity index (χ0) is 14.7. The fraction of sp³-hybridized carbons (Fsp3) is 0.412. The summed E-state index contributed by atoms with van der Waals surface area (Å²) in [6, 6.07) is 6.04. The van der Waals surface area contributed by atoms with Gasteiger partial charge in [-0.25, -0.2) is 4.98 Å². The summed E-state index contributed by atoms with van der Waals surface area (Å²) in [6.45, 7) is 1.98. The number of esters is 1. The number of nitrogens with zero attached hydrogens (tertiary/aromatic N) is 1. The van der Waals surface area contributed by atoms with Crippen molar-refractivity contribution in [3.8, 4) is 5.75 Å². The van der Waals surface area contributed by atoms with Gasteiger partial charge in [-0.2, -0.15) is 0 Å². The summed E-state index contributed by atoms with van der Waals surface area (Å²) in [5.74, 6) is 0.995. The largest absolute Gasteiger partial charge is 0.427 e. The molecule has 1 heterocycles. The van der Waals surface area contributed by atoms with Crippen LogP contribution >= 0.6 is 0 Å². The van der Waals surface area contributed by atoms with Gasteiger partial charge in [0.1, 0.15) is 5.75 Å². The zero-order valence-corrected chi connectivity index (χ0v) is 12.3. The van der Waals surface area contributed by atoms with Crippen LogP contribution in [0.2, 0.25) is 0 Å². The molecular weight excluding hydrogens is 264 g/mol. The van der Waals surface area contributed by atoms with Crippen LogP contribution in [-0.2, 0) is 17.6 Å². The number of aromatic nitrogens is 2. The van der Waals surface area contributed by atoms with Crippen molar-refractivity contribution in [1.29, 1.82) is 0 Å². The SMILES string of the molecule is CCCC(=O)Oc1ccc2c(c1)C(Cc1cnc[nH]1)CC2. The monoisotopic (exact) mass is 284 g/mol. The molecule has 1 aromatic heterocycles. The minimum atomic E-state index is -0.152. The Labute approximate surface area is 124 Å². The first-order chi connectivity index (χ1) is 10.3. The number of hydrogen-bond acceptors (Lipinski definition) is 3. The van der Waals surface area contributed by atoms with E-state index in [1.54, 1.807) is 6.33 Å². The Hall–Kier alpha value is -2.10. The van der Waals surface area contributed by atoms with Gasteiger partial charge in [0, 0.05) is 18.3 Å². The maximum absolute atomic E-state index is 11.6. The number of carbonyl (C=O) groups is 1. The second-order valence-electron chi connectivity index (χ2n) is 5.60. The van der Waals surface area contributed by atoms with Crippen LogP contribution in [0.5, 0.6) is 5.75 Å². The number of rotatable bonds is 5. The molecule has 2 aromatic rings. The molecule has 0 amide bonds. The number of imidazole rings is 1. The maximum atomic E-state index is 11.6. The maximum Gasteiger partial charge on any atom is 0.311 e. The Balaban J connectivity index is 1.75. The quantitative estimate of drug-likeness (QED) is 0.676. The number of benzene rings is 1. The van der Waals surface area contributed by atoms with Gasteiger partial charge in [-0.3, -0.25) is 4.79 Å². The lowest BCUT2D eigenvalue weighted by Crippen LogP contribution is -2.07. The summed E-state index contributed by atoms with van der Waals surface area (Å²) in [5.41, 5.74) is 3.84. The normalized spacial score (nSPS) is 16.7. The summed E-state index contributed by atoms with van der Waals surface area (Å²) in [5, 5.41) is 0. The van der Waals surface area contributed by atoms with Crippen LogP contribution in [0.1, 0.15) is 48.9 Å². The molecule has 0 fully saturated rings. The number of carbonyl (C=O) groups excluding carboxylic acids is 1. The molecule has 0 aliphatic heterocycles. The summed E-state index contributed by atoms with van der Waals surface area (Å²) < 4.78 is 5.40. The van der Waals surface area contributed by atoms with E-state index in [0.29, 0.717) is 18.1 Å². The first-order valence-corrected chi connectivity index (χ1v) is 7.57. The van der Waals surface area contributed by atoms with Gasteiger partial charge in [-0.1, -0.05) is 13.0 Å². The third-order valence-electron chi connectivity index (χ3n) is 4.03. The Morgan fingerprint density at radius 1 is 1.48 bits per heavy atom. The second kappa shape index (κ2) is 6.12. The molecule has 0 spiro atoms. The molecule has 1 unspecified atom stereocenters. The molecular formula is C17H20N2O2. The molecule has 1 aliphatic carbocycles. The molecule has 1 atom stereocenters. The first kappa shape index (κ1) is 13.9. The van der Waals surface area contributed by atoms with Crippen LogP contribution in [0.3, 0.4) is 0 Å². The molecule has 3 rings (SSSR count). The highest BCUT2D eigenvalue weighted by atomic mass is 16.5. The van der Waals surface area contributed by atoms with Gasteiger partial charge >= 0.3 is 5.97 Å². The van der Waals surface area contributed by atoms with Crippen molar-refractivity contribution in [3.63, 3.8) is 0 Å². The zero-order valence-electron chi connectivity index (χ0n) is 12.3. The van der Waals surface area contributed by atoms with Crippen molar-refractivity contribution in [2.45, 2.75) is 44.9 Å². The average molecular weight is 284 g/mol. The van der Waals surface area contributed by atoms with Crippen molar-refractivity contribution >= 4 is 5.97 Å². The van der Waals surface area contributed by atoms with Crippen molar-refractivity contribution in [3.05, 3.63) is 47.5 Å². The number of aromatic amines is 1. The van der Waals surface area contributed by atoms with Gasteiger partial charge in [-0.15, -0.1) is 0 Å². The number of nitrogens with one attached hydrogen (secondary N) is 1. The fourth-order valence-corrected chi connectivity index (χ4v) is 2.99. The van der Waals surface area contributed by atoms with E-state index in [4.69, 9.17) is 4.74 Å². The summed E-state index contributed by atoms with van der Waals surface area (Å²) in [4.78, 5) is 18.8. The van der Waals surface area contributed by atoms with E-state index in [1.165, 1.54) is 11.1 Å². The Kier molecular flexibility index (Phi) is 4.04. The topological polar surface area (TPSA) is 55.0 Å². The van der Waals surface area contributed by atoms with Gasteiger partial charge in [0.15, 0.2) is 0 Å². The lowest BCUT2D eigenvalue weighted by atomic mass is 9.96. The molecule has 4 nitrogen and oxygen atoms in total. The van der Waals surface area contributed by atoms with Crippen LogP contribution in [0.15, 0.2) is 30.7 Å². The fourth-order valence-electron chi connectivity index (χ4n) is 2.99. The summed E-state index contributed by atoms with van der Waals surface area (Å²) in [7, 11) is 0. The third-order valence-corrected chi connectivity index (χ3v) is 4.03. The van der Waals surface area contributed by atoms with Gasteiger partial charge in [-0.05, 0) is 54.9 Å². The number of hydrogen-bond donors (Lipinski definition) is 1. The minimum Gasteiger partial charge on any atom is -0.427 e. The van der Waals surface area contributed by atoms with Gasteiger partial charge in [0.25, 0.3) is 0 Å². The number of aryl methyl sites for hydroxylation is 1. The standard InChI is InChI=1S/C17H20N2O2/c1-2-3-17(20)21-15-7-6-12-4-5-13(16(12)9-15)8-14-10-18-11-19-14/h6-7,9-11,13H,2-5,8H2,1H3,(H,18,19). The van der Waals surface area contributed by atoms with Crippen LogP contribution in [0.25, 0.3) is 0 Å². The van der Waals surface area contributed by atoms with E-state index in [1.807, 2.05) is 25.3 Å². The van der Waals surface area contributed by atoms with Crippen LogP contribution in [0, 0.1) is 0 Å². The van der Waals surface area contributed by atoms with E-state index >= 15 is 0 Å².